The molecule has 0 saturated heterocycles. The number of benzene rings is 2. The molecule has 0 bridgehead atoms. The molecule has 0 aromatic heterocycles. The quantitative estimate of drug-likeness (QED) is 0.360. The van der Waals surface area contributed by atoms with Crippen LogP contribution in [0.4, 0.5) is 5.69 Å². The molecule has 0 aliphatic heterocycles. The molecule has 1 N–H and O–H groups in total. The number of amides is 2. The van der Waals surface area contributed by atoms with Crippen LogP contribution in [0.2, 0.25) is 0 Å². The smallest absolute Gasteiger partial charge is 0.243 e. The van der Waals surface area contributed by atoms with Crippen LogP contribution < -0.4 is 14.4 Å². The first-order chi connectivity index (χ1) is 19.0. The molecule has 0 heterocycles. The van der Waals surface area contributed by atoms with Gasteiger partial charge in [-0.2, -0.15) is 0 Å². The number of sulfonamides is 1. The summed E-state index contributed by atoms with van der Waals surface area (Å²) in [6.45, 7) is 6.19. The third-order valence-corrected chi connectivity index (χ3v) is 8.81. The van der Waals surface area contributed by atoms with Crippen LogP contribution in [0.5, 0.6) is 5.75 Å². The van der Waals surface area contributed by atoms with Crippen molar-refractivity contribution < 1.29 is 22.7 Å². The van der Waals surface area contributed by atoms with Gasteiger partial charge < -0.3 is 15.0 Å². The number of nitrogens with one attached hydrogen (secondary N) is 1. The van der Waals surface area contributed by atoms with Crippen LogP contribution in [0.3, 0.4) is 0 Å². The largest absolute Gasteiger partial charge is 0.497 e. The molecule has 8 nitrogen and oxygen atoms in total. The molecule has 3 rings (SSSR count). The molecule has 2 aromatic carbocycles. The zero-order valence-corrected chi connectivity index (χ0v) is 25.4. The Morgan fingerprint density at radius 3 is 2.33 bits per heavy atom. The van der Waals surface area contributed by atoms with Crippen LogP contribution in [0.1, 0.15) is 75.0 Å². The number of anilines is 1. The van der Waals surface area contributed by atoms with Gasteiger partial charge in [0.25, 0.3) is 0 Å². The Hall–Kier alpha value is -3.07. The topological polar surface area (TPSA) is 96.0 Å². The second-order valence-electron chi connectivity index (χ2n) is 10.9. The van der Waals surface area contributed by atoms with E-state index < -0.39 is 16.1 Å². The molecule has 0 spiro atoms. The second kappa shape index (κ2) is 14.5. The lowest BCUT2D eigenvalue weighted by Gasteiger charge is -2.33. The van der Waals surface area contributed by atoms with Gasteiger partial charge in [0.15, 0.2) is 0 Å². The molecule has 1 saturated carbocycles. The molecule has 9 heteroatoms. The van der Waals surface area contributed by atoms with E-state index in [9.17, 15) is 18.0 Å². The van der Waals surface area contributed by atoms with E-state index in [0.717, 1.165) is 48.1 Å². The molecule has 1 aliphatic rings. The third kappa shape index (κ3) is 8.71. The van der Waals surface area contributed by atoms with Crippen molar-refractivity contribution in [3.63, 3.8) is 0 Å². The Morgan fingerprint density at radius 1 is 1.05 bits per heavy atom. The number of rotatable bonds is 13. The number of ether oxygens (including phenoxy) is 1. The summed E-state index contributed by atoms with van der Waals surface area (Å²) in [5.41, 5.74) is 3.34. The highest BCUT2D eigenvalue weighted by molar-refractivity contribution is 7.92. The SMILES string of the molecule is CCC(C(=O)NC1CCCCC1)N(Cc1ccc(OC)cc1)C(=O)CCCN(c1cc(C)ccc1C)S(C)(=O)=O. The van der Waals surface area contributed by atoms with Gasteiger partial charge in [-0.3, -0.25) is 13.9 Å². The number of aryl methyl sites for hydroxylation is 2. The summed E-state index contributed by atoms with van der Waals surface area (Å²) >= 11 is 0. The zero-order chi connectivity index (χ0) is 29.3. The molecular weight excluding hydrogens is 526 g/mol. The highest BCUT2D eigenvalue weighted by Crippen LogP contribution is 2.25. The molecule has 1 aliphatic carbocycles. The Bertz CT molecular complexity index is 1240. The van der Waals surface area contributed by atoms with Crippen molar-refractivity contribution in [1.29, 1.82) is 0 Å². The van der Waals surface area contributed by atoms with Gasteiger partial charge in [0.05, 0.1) is 19.1 Å². The van der Waals surface area contributed by atoms with E-state index in [1.165, 1.54) is 17.0 Å². The molecule has 1 unspecified atom stereocenters. The van der Waals surface area contributed by atoms with Crippen molar-refractivity contribution >= 4 is 27.5 Å². The monoisotopic (exact) mass is 571 g/mol. The van der Waals surface area contributed by atoms with Gasteiger partial charge in [-0.25, -0.2) is 8.42 Å². The highest BCUT2D eigenvalue weighted by Gasteiger charge is 2.30. The standard InChI is InChI=1S/C31H45N3O5S/c1-6-28(31(36)32-26-11-8-7-9-12-26)33(22-25-16-18-27(39-4)19-17-25)30(35)13-10-20-34(40(5,37)38)29-21-23(2)14-15-24(29)3/h14-19,21,26,28H,6-13,20,22H2,1-5H3,(H,32,36). The minimum absolute atomic E-state index is 0.121. The first kappa shape index (κ1) is 31.5. The van der Waals surface area contributed by atoms with E-state index in [1.54, 1.807) is 12.0 Å². The number of hydrogen-bond donors (Lipinski definition) is 1. The summed E-state index contributed by atoms with van der Waals surface area (Å²) in [4.78, 5) is 28.8. The summed E-state index contributed by atoms with van der Waals surface area (Å²) in [6, 6.07) is 12.7. The lowest BCUT2D eigenvalue weighted by Crippen LogP contribution is -2.51. The Morgan fingerprint density at radius 2 is 1.73 bits per heavy atom. The average Bonchev–Trinajstić information content (AvgIpc) is 2.92. The maximum absolute atomic E-state index is 13.7. The van der Waals surface area contributed by atoms with Gasteiger partial charge >= 0.3 is 0 Å². The van der Waals surface area contributed by atoms with E-state index in [2.05, 4.69) is 5.32 Å². The minimum Gasteiger partial charge on any atom is -0.497 e. The van der Waals surface area contributed by atoms with Gasteiger partial charge in [-0.05, 0) is 74.4 Å². The fourth-order valence-corrected chi connectivity index (χ4v) is 6.38. The number of carbonyl (C=O) groups excluding carboxylic acids is 2. The van der Waals surface area contributed by atoms with Crippen LogP contribution in [-0.4, -0.2) is 57.1 Å². The van der Waals surface area contributed by atoms with E-state index in [0.29, 0.717) is 18.5 Å². The van der Waals surface area contributed by atoms with Crippen molar-refractivity contribution in [3.05, 3.63) is 59.2 Å². The summed E-state index contributed by atoms with van der Waals surface area (Å²) in [7, 11) is -1.95. The minimum atomic E-state index is -3.55. The molecule has 2 aromatic rings. The molecule has 1 atom stereocenters. The maximum Gasteiger partial charge on any atom is 0.243 e. The van der Waals surface area contributed by atoms with Gasteiger partial charge in [-0.15, -0.1) is 0 Å². The fourth-order valence-electron chi connectivity index (χ4n) is 5.36. The van der Waals surface area contributed by atoms with Crippen LogP contribution in [-0.2, 0) is 26.2 Å². The number of nitrogens with zero attached hydrogens (tertiary/aromatic N) is 2. The van der Waals surface area contributed by atoms with E-state index in [4.69, 9.17) is 4.74 Å². The first-order valence-corrected chi connectivity index (χ1v) is 16.2. The van der Waals surface area contributed by atoms with Gasteiger partial charge in [0, 0.05) is 25.6 Å². The average molecular weight is 572 g/mol. The predicted molar refractivity (Wildman–Crippen MR) is 160 cm³/mol. The van der Waals surface area contributed by atoms with Gasteiger partial charge in [0.2, 0.25) is 21.8 Å². The van der Waals surface area contributed by atoms with Gasteiger partial charge in [0.1, 0.15) is 11.8 Å². The van der Waals surface area contributed by atoms with Crippen LogP contribution in [0.15, 0.2) is 42.5 Å². The molecule has 220 valence electrons. The van der Waals surface area contributed by atoms with Crippen molar-refractivity contribution in [2.24, 2.45) is 0 Å². The second-order valence-corrected chi connectivity index (χ2v) is 12.8. The first-order valence-electron chi connectivity index (χ1n) is 14.3. The van der Waals surface area contributed by atoms with Crippen molar-refractivity contribution in [2.75, 3.05) is 24.2 Å². The third-order valence-electron chi connectivity index (χ3n) is 7.63. The number of carbonyl (C=O) groups is 2. The van der Waals surface area contributed by atoms with E-state index >= 15 is 0 Å². The maximum atomic E-state index is 13.7. The zero-order valence-electron chi connectivity index (χ0n) is 24.6. The normalized spacial score (nSPS) is 14.8. The Kier molecular flexibility index (Phi) is 11.4. The van der Waals surface area contributed by atoms with Crippen LogP contribution in [0.25, 0.3) is 0 Å². The number of hydrogen-bond acceptors (Lipinski definition) is 5. The predicted octanol–water partition coefficient (Wildman–Crippen LogP) is 5.11. The van der Waals surface area contributed by atoms with E-state index in [1.807, 2.05) is 63.2 Å². The van der Waals surface area contributed by atoms with Gasteiger partial charge in [-0.1, -0.05) is 50.5 Å². The summed E-state index contributed by atoms with van der Waals surface area (Å²) in [5.74, 6) is 0.427. The van der Waals surface area contributed by atoms with Crippen LogP contribution in [0, 0.1) is 13.8 Å². The van der Waals surface area contributed by atoms with Crippen molar-refractivity contribution in [3.8, 4) is 5.75 Å². The van der Waals surface area contributed by atoms with Crippen molar-refractivity contribution in [1.82, 2.24) is 10.2 Å². The lowest BCUT2D eigenvalue weighted by atomic mass is 9.95. The Labute approximate surface area is 240 Å². The molecule has 0 radical (unpaired) electrons. The summed E-state index contributed by atoms with van der Waals surface area (Å²) in [6.07, 6.45) is 7.47. The molecular formula is C31H45N3O5S. The lowest BCUT2D eigenvalue weighted by molar-refractivity contribution is -0.141. The van der Waals surface area contributed by atoms with Crippen LogP contribution >= 0.6 is 0 Å². The number of methoxy groups -OCH3 is 1. The van der Waals surface area contributed by atoms with E-state index in [-0.39, 0.29) is 37.4 Å². The molecule has 40 heavy (non-hydrogen) atoms. The van der Waals surface area contributed by atoms with Crippen molar-refractivity contribution in [2.45, 2.75) is 90.8 Å². The molecule has 2 amide bonds. The Balaban J connectivity index is 1.78. The summed E-state index contributed by atoms with van der Waals surface area (Å²) in [5, 5.41) is 3.20. The molecule has 1 fully saturated rings. The fraction of sp³-hybridized carbons (Fsp3) is 0.548. The summed E-state index contributed by atoms with van der Waals surface area (Å²) < 4.78 is 32.0. The highest BCUT2D eigenvalue weighted by atomic mass is 32.2.